The molecule has 1 aromatic carbocycles. The molecule has 8 nitrogen and oxygen atoms in total. The molecule has 1 aromatic heterocycles. The third-order valence-corrected chi connectivity index (χ3v) is 3.44. The molecule has 2 rings (SSSR count). The third-order valence-electron chi connectivity index (χ3n) is 2.41. The number of thioether (sulfide) groups is 1. The van der Waals surface area contributed by atoms with Crippen LogP contribution in [-0.2, 0) is 11.8 Å². The van der Waals surface area contributed by atoms with Gasteiger partial charge < -0.3 is 14.8 Å². The van der Waals surface area contributed by atoms with Crippen LogP contribution in [0.1, 0.15) is 5.56 Å². The van der Waals surface area contributed by atoms with Gasteiger partial charge in [-0.05, 0) is 12.1 Å². The minimum Gasteiger partial charge on any atom is -0.508 e. The number of hydrazone groups is 1. The molecule has 0 aliphatic heterocycles. The Hall–Kier alpha value is -2.55. The number of hydrogen-bond donors (Lipinski definition) is 3. The lowest BCUT2D eigenvalue weighted by atomic mass is 10.2. The lowest BCUT2D eigenvalue weighted by molar-refractivity contribution is -0.118. The van der Waals surface area contributed by atoms with E-state index >= 15 is 0 Å². The fourth-order valence-electron chi connectivity index (χ4n) is 1.38. The normalized spacial score (nSPS) is 10.9. The standard InChI is InChI=1S/C12H13N5O3S/c1-17-7-14-16-12(17)21-6-11(20)15-13-5-8-2-3-9(18)4-10(8)19/h2-5,7,18-19H,6H2,1H3,(H,15,20). The number of phenols is 2. The van der Waals surface area contributed by atoms with Gasteiger partial charge in [0.05, 0.1) is 12.0 Å². The van der Waals surface area contributed by atoms with E-state index in [2.05, 4.69) is 20.7 Å². The summed E-state index contributed by atoms with van der Waals surface area (Å²) < 4.78 is 1.70. The van der Waals surface area contributed by atoms with Crippen molar-refractivity contribution in [3.05, 3.63) is 30.1 Å². The molecule has 21 heavy (non-hydrogen) atoms. The third kappa shape index (κ3) is 4.21. The number of nitrogens with one attached hydrogen (secondary N) is 1. The van der Waals surface area contributed by atoms with E-state index in [9.17, 15) is 9.90 Å². The Morgan fingerprint density at radius 2 is 2.33 bits per heavy atom. The summed E-state index contributed by atoms with van der Waals surface area (Å²) in [7, 11) is 1.78. The van der Waals surface area contributed by atoms with Gasteiger partial charge in [0.25, 0.3) is 5.91 Å². The van der Waals surface area contributed by atoms with Gasteiger partial charge in [-0.2, -0.15) is 5.10 Å². The molecule has 0 aliphatic carbocycles. The lowest BCUT2D eigenvalue weighted by Gasteiger charge is -2.01. The molecule has 0 saturated heterocycles. The molecule has 9 heteroatoms. The van der Waals surface area contributed by atoms with Crippen LogP contribution in [0.2, 0.25) is 0 Å². The fourth-order valence-corrected chi connectivity index (χ4v) is 2.06. The highest BCUT2D eigenvalue weighted by Crippen LogP contribution is 2.20. The van der Waals surface area contributed by atoms with Crippen LogP contribution in [0.15, 0.2) is 34.8 Å². The number of amides is 1. The first kappa shape index (κ1) is 14.9. The number of hydrogen-bond acceptors (Lipinski definition) is 7. The number of aromatic nitrogens is 3. The Morgan fingerprint density at radius 1 is 1.52 bits per heavy atom. The van der Waals surface area contributed by atoms with Crippen molar-refractivity contribution in [3.8, 4) is 11.5 Å². The SMILES string of the molecule is Cn1cnnc1SCC(=O)NN=Cc1ccc(O)cc1O. The summed E-state index contributed by atoms with van der Waals surface area (Å²) in [6.07, 6.45) is 2.84. The van der Waals surface area contributed by atoms with Crippen molar-refractivity contribution < 1.29 is 15.0 Å². The molecule has 0 spiro atoms. The molecule has 2 aromatic rings. The fraction of sp³-hybridized carbons (Fsp3) is 0.167. The van der Waals surface area contributed by atoms with Gasteiger partial charge >= 0.3 is 0 Å². The largest absolute Gasteiger partial charge is 0.508 e. The maximum Gasteiger partial charge on any atom is 0.250 e. The summed E-state index contributed by atoms with van der Waals surface area (Å²) in [5, 5.41) is 30.6. The molecule has 0 unspecified atom stereocenters. The molecule has 0 saturated carbocycles. The molecule has 110 valence electrons. The molecule has 0 radical (unpaired) electrons. The average molecular weight is 307 g/mol. The minimum atomic E-state index is -0.308. The lowest BCUT2D eigenvalue weighted by Crippen LogP contribution is -2.19. The van der Waals surface area contributed by atoms with Gasteiger partial charge in [-0.15, -0.1) is 10.2 Å². The van der Waals surface area contributed by atoms with Gasteiger partial charge in [0, 0.05) is 18.7 Å². The molecule has 1 heterocycles. The summed E-state index contributed by atoms with van der Waals surface area (Å²) in [5.74, 6) is -0.335. The van der Waals surface area contributed by atoms with Gasteiger partial charge in [-0.1, -0.05) is 11.8 Å². The maximum atomic E-state index is 11.6. The van der Waals surface area contributed by atoms with Gasteiger partial charge in [0.2, 0.25) is 0 Å². The van der Waals surface area contributed by atoms with E-state index in [0.717, 1.165) is 0 Å². The number of rotatable bonds is 5. The van der Waals surface area contributed by atoms with E-state index in [4.69, 9.17) is 5.11 Å². The summed E-state index contributed by atoms with van der Waals surface area (Å²) in [6, 6.07) is 4.08. The smallest absolute Gasteiger partial charge is 0.250 e. The Labute approximate surface area is 124 Å². The molecule has 0 atom stereocenters. The van der Waals surface area contributed by atoms with E-state index in [0.29, 0.717) is 10.7 Å². The molecular weight excluding hydrogens is 294 g/mol. The highest BCUT2D eigenvalue weighted by atomic mass is 32.2. The van der Waals surface area contributed by atoms with Crippen molar-refractivity contribution >= 4 is 23.9 Å². The van der Waals surface area contributed by atoms with E-state index in [1.54, 1.807) is 17.9 Å². The quantitative estimate of drug-likeness (QED) is 0.420. The van der Waals surface area contributed by atoms with Crippen LogP contribution in [0.4, 0.5) is 0 Å². The van der Waals surface area contributed by atoms with Crippen LogP contribution >= 0.6 is 11.8 Å². The van der Waals surface area contributed by atoms with Crippen LogP contribution in [0, 0.1) is 0 Å². The molecular formula is C12H13N5O3S. The second kappa shape index (κ2) is 6.75. The summed E-state index contributed by atoms with van der Waals surface area (Å²) in [6.45, 7) is 0. The predicted octanol–water partition coefficient (Wildman–Crippen LogP) is 0.469. The Kier molecular flexibility index (Phi) is 4.77. The van der Waals surface area contributed by atoms with Crippen LogP contribution in [0.3, 0.4) is 0 Å². The zero-order valence-corrected chi connectivity index (χ0v) is 11.9. The molecule has 0 fully saturated rings. The van der Waals surface area contributed by atoms with Crippen LogP contribution < -0.4 is 5.43 Å². The first-order valence-electron chi connectivity index (χ1n) is 5.87. The summed E-state index contributed by atoms with van der Waals surface area (Å²) in [5.41, 5.74) is 2.72. The number of carbonyl (C=O) groups excluding carboxylic acids is 1. The zero-order valence-electron chi connectivity index (χ0n) is 11.1. The second-order valence-corrected chi connectivity index (χ2v) is 4.99. The van der Waals surface area contributed by atoms with Crippen molar-refractivity contribution in [1.82, 2.24) is 20.2 Å². The Balaban J connectivity index is 1.83. The van der Waals surface area contributed by atoms with Crippen LogP contribution in [-0.4, -0.2) is 42.9 Å². The summed E-state index contributed by atoms with van der Waals surface area (Å²) in [4.78, 5) is 11.6. The number of benzene rings is 1. The van der Waals surface area contributed by atoms with Gasteiger partial charge in [0.1, 0.15) is 17.8 Å². The second-order valence-electron chi connectivity index (χ2n) is 4.05. The van der Waals surface area contributed by atoms with Crippen LogP contribution in [0.5, 0.6) is 11.5 Å². The predicted molar refractivity (Wildman–Crippen MR) is 77.2 cm³/mol. The average Bonchev–Trinajstić information content (AvgIpc) is 2.84. The summed E-state index contributed by atoms with van der Waals surface area (Å²) >= 11 is 1.23. The number of phenolic OH excluding ortho intramolecular Hbond substituents is 2. The monoisotopic (exact) mass is 307 g/mol. The Bertz CT molecular complexity index is 671. The topological polar surface area (TPSA) is 113 Å². The number of aryl methyl sites for hydroxylation is 1. The number of nitrogens with zero attached hydrogens (tertiary/aromatic N) is 4. The van der Waals surface area contributed by atoms with E-state index in [-0.39, 0.29) is 23.2 Å². The molecule has 1 amide bonds. The van der Waals surface area contributed by atoms with E-state index in [1.807, 2.05) is 0 Å². The van der Waals surface area contributed by atoms with Crippen molar-refractivity contribution in [2.45, 2.75) is 5.16 Å². The number of carbonyl (C=O) groups is 1. The number of aromatic hydroxyl groups is 2. The van der Waals surface area contributed by atoms with Gasteiger partial charge in [-0.3, -0.25) is 4.79 Å². The highest BCUT2D eigenvalue weighted by molar-refractivity contribution is 7.99. The van der Waals surface area contributed by atoms with E-state index < -0.39 is 0 Å². The first-order valence-corrected chi connectivity index (χ1v) is 6.85. The van der Waals surface area contributed by atoms with Crippen molar-refractivity contribution in [3.63, 3.8) is 0 Å². The van der Waals surface area contributed by atoms with Gasteiger partial charge in [-0.25, -0.2) is 5.43 Å². The Morgan fingerprint density at radius 3 is 3.00 bits per heavy atom. The molecule has 0 bridgehead atoms. The maximum absolute atomic E-state index is 11.6. The van der Waals surface area contributed by atoms with E-state index in [1.165, 1.54) is 36.2 Å². The minimum absolute atomic E-state index is 0.0474. The van der Waals surface area contributed by atoms with Crippen molar-refractivity contribution in [2.75, 3.05) is 5.75 Å². The first-order chi connectivity index (χ1) is 10.1. The zero-order chi connectivity index (χ0) is 15.2. The van der Waals surface area contributed by atoms with Crippen molar-refractivity contribution in [1.29, 1.82) is 0 Å². The van der Waals surface area contributed by atoms with Gasteiger partial charge in [0.15, 0.2) is 5.16 Å². The highest BCUT2D eigenvalue weighted by Gasteiger charge is 2.06. The van der Waals surface area contributed by atoms with Crippen molar-refractivity contribution in [2.24, 2.45) is 12.1 Å². The molecule has 0 aliphatic rings. The van der Waals surface area contributed by atoms with Crippen LogP contribution in [0.25, 0.3) is 0 Å². The molecule has 3 N–H and O–H groups in total.